The summed E-state index contributed by atoms with van der Waals surface area (Å²) in [6, 6.07) is 2.19. The van der Waals surface area contributed by atoms with Crippen LogP contribution in [0.4, 0.5) is 0 Å². The number of rotatable bonds is 4. The number of nitrogens with zero attached hydrogens (tertiary/aromatic N) is 2. The quantitative estimate of drug-likeness (QED) is 0.846. The zero-order valence-electron chi connectivity index (χ0n) is 9.86. The lowest BCUT2D eigenvalue weighted by Crippen LogP contribution is -2.08. The molecule has 1 fully saturated rings. The molecule has 1 heterocycles. The van der Waals surface area contributed by atoms with Crippen LogP contribution in [0.1, 0.15) is 55.8 Å². The van der Waals surface area contributed by atoms with Crippen molar-refractivity contribution in [3.05, 3.63) is 23.8 Å². The highest BCUT2D eigenvalue weighted by atomic mass is 14.8. The van der Waals surface area contributed by atoms with Gasteiger partial charge in [0, 0.05) is 17.3 Å². The van der Waals surface area contributed by atoms with Gasteiger partial charge in [-0.1, -0.05) is 19.3 Å². The molecule has 3 heteroatoms. The van der Waals surface area contributed by atoms with E-state index in [-0.39, 0.29) is 0 Å². The second-order valence-electron chi connectivity index (χ2n) is 4.66. The van der Waals surface area contributed by atoms with Crippen LogP contribution in [0.25, 0.3) is 0 Å². The summed E-state index contributed by atoms with van der Waals surface area (Å²) in [5.74, 6) is 0.674. The van der Waals surface area contributed by atoms with Gasteiger partial charge >= 0.3 is 0 Å². The van der Waals surface area contributed by atoms with Crippen molar-refractivity contribution in [2.24, 2.45) is 5.73 Å². The molecule has 0 saturated heterocycles. The van der Waals surface area contributed by atoms with Crippen LogP contribution in [0.5, 0.6) is 0 Å². The first-order chi connectivity index (χ1) is 7.90. The summed E-state index contributed by atoms with van der Waals surface area (Å²) in [6.07, 6.45) is 10.4. The SMILES string of the molecule is NCCCc1cc(C2CCCCC2)ncn1. The molecule has 1 aromatic rings. The number of aromatic nitrogens is 2. The van der Waals surface area contributed by atoms with Gasteiger partial charge in [-0.05, 0) is 38.3 Å². The molecule has 3 nitrogen and oxygen atoms in total. The van der Waals surface area contributed by atoms with Crippen LogP contribution >= 0.6 is 0 Å². The molecule has 2 N–H and O–H groups in total. The normalized spacial score (nSPS) is 17.6. The van der Waals surface area contributed by atoms with E-state index in [1.54, 1.807) is 6.33 Å². The van der Waals surface area contributed by atoms with Crippen LogP contribution in [-0.4, -0.2) is 16.5 Å². The second kappa shape index (κ2) is 5.94. The van der Waals surface area contributed by atoms with E-state index in [9.17, 15) is 0 Å². The molecule has 2 rings (SSSR count). The number of hydrogen-bond acceptors (Lipinski definition) is 3. The maximum atomic E-state index is 5.51. The van der Waals surface area contributed by atoms with Crippen molar-refractivity contribution in [2.45, 2.75) is 50.9 Å². The van der Waals surface area contributed by atoms with Crippen LogP contribution in [0.3, 0.4) is 0 Å². The summed E-state index contributed by atoms with van der Waals surface area (Å²) in [7, 11) is 0. The Morgan fingerprint density at radius 3 is 2.75 bits per heavy atom. The van der Waals surface area contributed by atoms with Crippen molar-refractivity contribution < 1.29 is 0 Å². The highest BCUT2D eigenvalue weighted by molar-refractivity contribution is 5.13. The molecule has 0 aromatic carbocycles. The lowest BCUT2D eigenvalue weighted by molar-refractivity contribution is 0.435. The molecule has 0 unspecified atom stereocenters. The first-order valence-electron chi connectivity index (χ1n) is 6.41. The van der Waals surface area contributed by atoms with Crippen molar-refractivity contribution in [3.8, 4) is 0 Å². The third-order valence-corrected chi connectivity index (χ3v) is 3.41. The van der Waals surface area contributed by atoms with Crippen LogP contribution in [0.15, 0.2) is 12.4 Å². The summed E-state index contributed by atoms with van der Waals surface area (Å²) in [5.41, 5.74) is 7.92. The molecule has 0 aliphatic heterocycles. The zero-order valence-corrected chi connectivity index (χ0v) is 9.86. The van der Waals surface area contributed by atoms with Crippen molar-refractivity contribution in [2.75, 3.05) is 6.54 Å². The van der Waals surface area contributed by atoms with Crippen LogP contribution in [0.2, 0.25) is 0 Å². The zero-order chi connectivity index (χ0) is 11.2. The maximum absolute atomic E-state index is 5.51. The van der Waals surface area contributed by atoms with Crippen LogP contribution < -0.4 is 5.73 Å². The van der Waals surface area contributed by atoms with E-state index in [1.807, 2.05) is 0 Å². The van der Waals surface area contributed by atoms with Gasteiger partial charge in [0.25, 0.3) is 0 Å². The van der Waals surface area contributed by atoms with Gasteiger partial charge < -0.3 is 5.73 Å². The van der Waals surface area contributed by atoms with E-state index in [4.69, 9.17) is 5.73 Å². The Balaban J connectivity index is 2.02. The molecule has 1 aromatic heterocycles. The highest BCUT2D eigenvalue weighted by Gasteiger charge is 2.16. The number of nitrogens with two attached hydrogens (primary N) is 1. The number of hydrogen-bond donors (Lipinski definition) is 1. The van der Waals surface area contributed by atoms with Gasteiger partial charge in [0.15, 0.2) is 0 Å². The first kappa shape index (κ1) is 11.5. The summed E-state index contributed by atoms with van der Waals surface area (Å²) >= 11 is 0. The standard InChI is InChI=1S/C13H21N3/c14-8-4-7-12-9-13(16-10-15-12)11-5-2-1-3-6-11/h9-11H,1-8,14H2. The van der Waals surface area contributed by atoms with E-state index in [2.05, 4.69) is 16.0 Å². The molecule has 16 heavy (non-hydrogen) atoms. The Bertz CT molecular complexity index is 319. The van der Waals surface area contributed by atoms with Gasteiger partial charge in [-0.2, -0.15) is 0 Å². The minimum atomic E-state index is 0.674. The van der Waals surface area contributed by atoms with Crippen LogP contribution in [-0.2, 0) is 6.42 Å². The fourth-order valence-corrected chi connectivity index (χ4v) is 2.46. The number of aryl methyl sites for hydroxylation is 1. The fourth-order valence-electron chi connectivity index (χ4n) is 2.46. The van der Waals surface area contributed by atoms with E-state index >= 15 is 0 Å². The van der Waals surface area contributed by atoms with Crippen molar-refractivity contribution in [1.29, 1.82) is 0 Å². The Kier molecular flexibility index (Phi) is 4.28. The Morgan fingerprint density at radius 1 is 1.19 bits per heavy atom. The molecule has 1 saturated carbocycles. The van der Waals surface area contributed by atoms with Gasteiger partial charge in [0.2, 0.25) is 0 Å². The molecule has 1 aliphatic carbocycles. The summed E-state index contributed by atoms with van der Waals surface area (Å²) in [5, 5.41) is 0. The maximum Gasteiger partial charge on any atom is 0.115 e. The van der Waals surface area contributed by atoms with Gasteiger partial charge in [-0.15, -0.1) is 0 Å². The Morgan fingerprint density at radius 2 is 2.00 bits per heavy atom. The third-order valence-electron chi connectivity index (χ3n) is 3.41. The first-order valence-corrected chi connectivity index (χ1v) is 6.41. The monoisotopic (exact) mass is 219 g/mol. The summed E-state index contributed by atoms with van der Waals surface area (Å²) in [6.45, 7) is 0.739. The fraction of sp³-hybridized carbons (Fsp3) is 0.692. The summed E-state index contributed by atoms with van der Waals surface area (Å²) < 4.78 is 0. The largest absolute Gasteiger partial charge is 0.330 e. The minimum absolute atomic E-state index is 0.674. The smallest absolute Gasteiger partial charge is 0.115 e. The predicted octanol–water partition coefficient (Wildman–Crippen LogP) is 2.42. The van der Waals surface area contributed by atoms with E-state index in [0.717, 1.165) is 25.1 Å². The van der Waals surface area contributed by atoms with Crippen LogP contribution in [0, 0.1) is 0 Å². The van der Waals surface area contributed by atoms with E-state index in [0.29, 0.717) is 5.92 Å². The molecule has 0 spiro atoms. The highest BCUT2D eigenvalue weighted by Crippen LogP contribution is 2.31. The van der Waals surface area contributed by atoms with Gasteiger partial charge in [0.05, 0.1) is 0 Å². The molecule has 1 aliphatic rings. The van der Waals surface area contributed by atoms with Gasteiger partial charge in [-0.25, -0.2) is 9.97 Å². The molecule has 0 bridgehead atoms. The molecular weight excluding hydrogens is 198 g/mol. The van der Waals surface area contributed by atoms with E-state index < -0.39 is 0 Å². The third kappa shape index (κ3) is 3.01. The molecular formula is C13H21N3. The average Bonchev–Trinajstić information content (AvgIpc) is 2.38. The second-order valence-corrected chi connectivity index (χ2v) is 4.66. The van der Waals surface area contributed by atoms with E-state index in [1.165, 1.54) is 37.8 Å². The molecule has 0 atom stereocenters. The van der Waals surface area contributed by atoms with Gasteiger partial charge in [-0.3, -0.25) is 0 Å². The topological polar surface area (TPSA) is 51.8 Å². The molecule has 88 valence electrons. The van der Waals surface area contributed by atoms with Crippen molar-refractivity contribution in [3.63, 3.8) is 0 Å². The minimum Gasteiger partial charge on any atom is -0.330 e. The lowest BCUT2D eigenvalue weighted by atomic mass is 9.86. The predicted molar refractivity (Wildman–Crippen MR) is 65.2 cm³/mol. The Hall–Kier alpha value is -0.960. The van der Waals surface area contributed by atoms with Gasteiger partial charge in [0.1, 0.15) is 6.33 Å². The molecule has 0 radical (unpaired) electrons. The average molecular weight is 219 g/mol. The Labute approximate surface area is 97.5 Å². The molecule has 0 amide bonds. The van der Waals surface area contributed by atoms with Crippen molar-refractivity contribution >= 4 is 0 Å². The lowest BCUT2D eigenvalue weighted by Gasteiger charge is -2.21. The summed E-state index contributed by atoms with van der Waals surface area (Å²) in [4.78, 5) is 8.73. The van der Waals surface area contributed by atoms with Crippen molar-refractivity contribution in [1.82, 2.24) is 9.97 Å².